The van der Waals surface area contributed by atoms with Crippen molar-refractivity contribution < 1.29 is 14.6 Å². The molecule has 4 N–H and O–H groups in total. The van der Waals surface area contributed by atoms with Gasteiger partial charge in [0.25, 0.3) is 0 Å². The van der Waals surface area contributed by atoms with Gasteiger partial charge in [0.2, 0.25) is 0 Å². The standard InChI is InChI=1S/C16H18N2O3/c1-2-11-4-3-5-13(8-11)21-14-6-7-15(17)12(9-14)10-18-16(19)20/h3-9,18H,2,10,17H2,1H3,(H,19,20). The van der Waals surface area contributed by atoms with Gasteiger partial charge in [-0.25, -0.2) is 4.79 Å². The van der Waals surface area contributed by atoms with Crippen LogP contribution in [0, 0.1) is 0 Å². The first-order valence-corrected chi connectivity index (χ1v) is 6.70. The minimum atomic E-state index is -1.09. The van der Waals surface area contributed by atoms with E-state index in [1.807, 2.05) is 24.3 Å². The number of nitrogen functional groups attached to an aromatic ring is 1. The number of rotatable bonds is 5. The molecule has 0 aliphatic heterocycles. The van der Waals surface area contributed by atoms with Crippen LogP contribution >= 0.6 is 0 Å². The molecule has 0 spiro atoms. The van der Waals surface area contributed by atoms with E-state index < -0.39 is 6.09 Å². The molecule has 110 valence electrons. The number of amides is 1. The topological polar surface area (TPSA) is 84.6 Å². The minimum Gasteiger partial charge on any atom is -0.465 e. The number of aryl methyl sites for hydroxylation is 1. The number of nitrogens with two attached hydrogens (primary N) is 1. The van der Waals surface area contributed by atoms with Crippen LogP contribution in [-0.2, 0) is 13.0 Å². The zero-order valence-corrected chi connectivity index (χ0v) is 11.8. The van der Waals surface area contributed by atoms with E-state index in [2.05, 4.69) is 12.2 Å². The molecule has 0 heterocycles. The van der Waals surface area contributed by atoms with Gasteiger partial charge in [0.05, 0.1) is 0 Å². The van der Waals surface area contributed by atoms with E-state index in [0.717, 1.165) is 12.2 Å². The van der Waals surface area contributed by atoms with Crippen molar-refractivity contribution in [2.45, 2.75) is 19.9 Å². The summed E-state index contributed by atoms with van der Waals surface area (Å²) in [6.07, 6.45) is -0.149. The van der Waals surface area contributed by atoms with Crippen molar-refractivity contribution >= 4 is 11.8 Å². The van der Waals surface area contributed by atoms with E-state index in [9.17, 15) is 4.79 Å². The van der Waals surface area contributed by atoms with Gasteiger partial charge in [0.15, 0.2) is 0 Å². The van der Waals surface area contributed by atoms with Gasteiger partial charge in [-0.1, -0.05) is 19.1 Å². The van der Waals surface area contributed by atoms with Crippen LogP contribution in [0.3, 0.4) is 0 Å². The molecule has 0 aromatic heterocycles. The molecule has 2 aromatic rings. The van der Waals surface area contributed by atoms with Crippen molar-refractivity contribution in [1.29, 1.82) is 0 Å². The maximum absolute atomic E-state index is 10.5. The number of carboxylic acid groups (broad SMARTS) is 1. The molecule has 5 heteroatoms. The van der Waals surface area contributed by atoms with Crippen LogP contribution in [0.25, 0.3) is 0 Å². The highest BCUT2D eigenvalue weighted by Gasteiger charge is 2.05. The summed E-state index contributed by atoms with van der Waals surface area (Å²) < 4.78 is 5.79. The second-order valence-electron chi connectivity index (χ2n) is 4.62. The highest BCUT2D eigenvalue weighted by atomic mass is 16.5. The number of ether oxygens (including phenoxy) is 1. The van der Waals surface area contributed by atoms with Gasteiger partial charge in [0.1, 0.15) is 11.5 Å². The maximum atomic E-state index is 10.5. The van der Waals surface area contributed by atoms with Crippen LogP contribution in [-0.4, -0.2) is 11.2 Å². The van der Waals surface area contributed by atoms with Crippen LogP contribution in [0.15, 0.2) is 42.5 Å². The van der Waals surface area contributed by atoms with Gasteiger partial charge in [-0.05, 0) is 47.9 Å². The molecule has 0 saturated carbocycles. The molecular weight excluding hydrogens is 268 g/mol. The normalized spacial score (nSPS) is 10.1. The van der Waals surface area contributed by atoms with Crippen molar-refractivity contribution in [3.8, 4) is 11.5 Å². The lowest BCUT2D eigenvalue weighted by molar-refractivity contribution is 0.194. The third-order valence-corrected chi connectivity index (χ3v) is 3.09. The first-order valence-electron chi connectivity index (χ1n) is 6.70. The zero-order chi connectivity index (χ0) is 15.2. The number of hydrogen-bond acceptors (Lipinski definition) is 3. The number of anilines is 1. The molecule has 0 aliphatic rings. The summed E-state index contributed by atoms with van der Waals surface area (Å²) >= 11 is 0. The smallest absolute Gasteiger partial charge is 0.404 e. The Morgan fingerprint density at radius 2 is 2.00 bits per heavy atom. The third-order valence-electron chi connectivity index (χ3n) is 3.09. The maximum Gasteiger partial charge on any atom is 0.404 e. The SMILES string of the molecule is CCc1cccc(Oc2ccc(N)c(CNC(=O)O)c2)c1. The van der Waals surface area contributed by atoms with Crippen LogP contribution < -0.4 is 15.8 Å². The summed E-state index contributed by atoms with van der Waals surface area (Å²) in [5.41, 5.74) is 8.22. The van der Waals surface area contributed by atoms with Gasteiger partial charge < -0.3 is 20.9 Å². The largest absolute Gasteiger partial charge is 0.465 e. The first kappa shape index (κ1) is 14.7. The van der Waals surface area contributed by atoms with Crippen LogP contribution in [0.1, 0.15) is 18.1 Å². The monoisotopic (exact) mass is 286 g/mol. The Labute approximate surface area is 123 Å². The molecule has 0 radical (unpaired) electrons. The van der Waals surface area contributed by atoms with Crippen molar-refractivity contribution in [3.05, 3.63) is 53.6 Å². The highest BCUT2D eigenvalue weighted by Crippen LogP contribution is 2.26. The summed E-state index contributed by atoms with van der Waals surface area (Å²) in [5.74, 6) is 1.37. The second-order valence-corrected chi connectivity index (χ2v) is 4.62. The zero-order valence-electron chi connectivity index (χ0n) is 11.8. The van der Waals surface area contributed by atoms with E-state index in [4.69, 9.17) is 15.6 Å². The second kappa shape index (κ2) is 6.65. The Hall–Kier alpha value is -2.69. The van der Waals surface area contributed by atoms with Crippen LogP contribution in [0.2, 0.25) is 0 Å². The highest BCUT2D eigenvalue weighted by molar-refractivity contribution is 5.65. The number of nitrogens with one attached hydrogen (secondary N) is 1. The average molecular weight is 286 g/mol. The van der Waals surface area contributed by atoms with Gasteiger partial charge in [-0.3, -0.25) is 0 Å². The number of carbonyl (C=O) groups is 1. The van der Waals surface area contributed by atoms with Gasteiger partial charge in [0, 0.05) is 12.2 Å². The molecule has 5 nitrogen and oxygen atoms in total. The molecule has 2 aromatic carbocycles. The fourth-order valence-electron chi connectivity index (χ4n) is 1.93. The van der Waals surface area contributed by atoms with Crippen LogP contribution in [0.5, 0.6) is 11.5 Å². The summed E-state index contributed by atoms with van der Waals surface area (Å²) in [5, 5.41) is 10.9. The average Bonchev–Trinajstić information content (AvgIpc) is 2.48. The molecule has 0 bridgehead atoms. The Bertz CT molecular complexity index is 641. The molecule has 0 unspecified atom stereocenters. The summed E-state index contributed by atoms with van der Waals surface area (Å²) in [6, 6.07) is 13.0. The summed E-state index contributed by atoms with van der Waals surface area (Å²) in [6.45, 7) is 2.23. The van der Waals surface area contributed by atoms with Crippen molar-refractivity contribution in [2.75, 3.05) is 5.73 Å². The Morgan fingerprint density at radius 3 is 2.71 bits per heavy atom. The number of benzene rings is 2. The van der Waals surface area contributed by atoms with Crippen LogP contribution in [0.4, 0.5) is 10.5 Å². The van der Waals surface area contributed by atoms with Gasteiger partial charge in [-0.15, -0.1) is 0 Å². The molecule has 0 aliphatic carbocycles. The first-order chi connectivity index (χ1) is 10.1. The minimum absolute atomic E-state index is 0.146. The lowest BCUT2D eigenvalue weighted by Crippen LogP contribution is -2.20. The van der Waals surface area contributed by atoms with E-state index in [0.29, 0.717) is 17.0 Å². The van der Waals surface area contributed by atoms with E-state index >= 15 is 0 Å². The molecule has 0 atom stereocenters. The quantitative estimate of drug-likeness (QED) is 0.735. The molecule has 0 saturated heterocycles. The van der Waals surface area contributed by atoms with Crippen molar-refractivity contribution in [1.82, 2.24) is 5.32 Å². The number of hydrogen-bond donors (Lipinski definition) is 3. The third kappa shape index (κ3) is 4.14. The lowest BCUT2D eigenvalue weighted by Gasteiger charge is -2.11. The van der Waals surface area contributed by atoms with E-state index in [1.54, 1.807) is 18.2 Å². The molecule has 21 heavy (non-hydrogen) atoms. The molecular formula is C16H18N2O3. The summed E-state index contributed by atoms with van der Waals surface area (Å²) in [4.78, 5) is 10.5. The van der Waals surface area contributed by atoms with Crippen molar-refractivity contribution in [3.63, 3.8) is 0 Å². The molecule has 0 fully saturated rings. The molecule has 2 rings (SSSR count). The Kier molecular flexibility index (Phi) is 4.66. The molecule has 1 amide bonds. The Morgan fingerprint density at radius 1 is 1.24 bits per heavy atom. The predicted molar refractivity (Wildman–Crippen MR) is 81.6 cm³/mol. The lowest BCUT2D eigenvalue weighted by atomic mass is 10.1. The van der Waals surface area contributed by atoms with Crippen molar-refractivity contribution in [2.24, 2.45) is 0 Å². The summed E-state index contributed by atoms with van der Waals surface area (Å²) in [7, 11) is 0. The van der Waals surface area contributed by atoms with Gasteiger partial charge >= 0.3 is 6.09 Å². The van der Waals surface area contributed by atoms with E-state index in [-0.39, 0.29) is 6.54 Å². The fourth-order valence-corrected chi connectivity index (χ4v) is 1.93. The van der Waals surface area contributed by atoms with Gasteiger partial charge in [-0.2, -0.15) is 0 Å². The Balaban J connectivity index is 2.16. The van der Waals surface area contributed by atoms with E-state index in [1.165, 1.54) is 5.56 Å². The fraction of sp³-hybridized carbons (Fsp3) is 0.188. The predicted octanol–water partition coefficient (Wildman–Crippen LogP) is 3.39.